The van der Waals surface area contributed by atoms with Gasteiger partial charge in [0.1, 0.15) is 0 Å². The van der Waals surface area contributed by atoms with Gasteiger partial charge in [-0.25, -0.2) is 9.50 Å². The summed E-state index contributed by atoms with van der Waals surface area (Å²) in [5.41, 5.74) is 5.71. The van der Waals surface area contributed by atoms with Crippen LogP contribution >= 0.6 is 0 Å². The number of nitrogens with zero attached hydrogens (tertiary/aromatic N) is 5. The van der Waals surface area contributed by atoms with Gasteiger partial charge < -0.3 is 4.90 Å². The quantitative estimate of drug-likeness (QED) is 0.263. The number of aryl methyl sites for hydroxylation is 1. The van der Waals surface area contributed by atoms with Crippen LogP contribution in [0.1, 0.15) is 118 Å². The van der Waals surface area contributed by atoms with Crippen molar-refractivity contribution in [1.29, 1.82) is 0 Å². The van der Waals surface area contributed by atoms with E-state index >= 15 is 0 Å². The van der Waals surface area contributed by atoms with Crippen molar-refractivity contribution in [1.82, 2.24) is 30.1 Å². The minimum atomic E-state index is -4.14. The molecule has 3 aliphatic rings. The second kappa shape index (κ2) is 12.6. The fourth-order valence-electron chi connectivity index (χ4n) is 8.26. The fraction of sp³-hybridized carbons (Fsp3) is 0.727. The molecule has 7 nitrogen and oxygen atoms in total. The number of alkyl halides is 6. The predicted molar refractivity (Wildman–Crippen MR) is 164 cm³/mol. The highest BCUT2D eigenvalue weighted by Crippen LogP contribution is 2.45. The number of hydrogen-bond acceptors (Lipinski definition) is 5. The summed E-state index contributed by atoms with van der Waals surface area (Å²) in [4.78, 5) is 6.96. The smallest absolute Gasteiger partial charge is 0.343 e. The van der Waals surface area contributed by atoms with Gasteiger partial charge in [0.25, 0.3) is 0 Å². The average molecular weight is 654 g/mol. The van der Waals surface area contributed by atoms with Crippen LogP contribution in [0.2, 0.25) is 0 Å². The van der Waals surface area contributed by atoms with Crippen LogP contribution in [0.5, 0.6) is 0 Å². The molecule has 0 bridgehead atoms. The minimum absolute atomic E-state index is 0.00288. The lowest BCUT2D eigenvalue weighted by Gasteiger charge is -2.40. The van der Waals surface area contributed by atoms with Gasteiger partial charge >= 0.3 is 12.4 Å². The number of H-pyrrole nitrogens is 1. The standard InChI is InChI=1S/C33H45F6N7/c1-5-24-19(3)41-29-16-27(21-8-12-23(13-9-21)33(37,38)39)44-46(29)31(24)25-17-40-28(14-18(25)2)45(4)30-15-26(42-43-30)20-6-10-22(11-7-20)32(34,35)36/h15-16,18,20-23,25,28,40H,5-14,17H2,1-4H3,(H,42,43)/t18-,20?,21?,22?,23?,25+,28?/m1/s1. The van der Waals surface area contributed by atoms with E-state index in [4.69, 9.17) is 10.1 Å². The molecule has 254 valence electrons. The van der Waals surface area contributed by atoms with Gasteiger partial charge in [-0.1, -0.05) is 13.8 Å². The Hall–Kier alpha value is -2.83. The van der Waals surface area contributed by atoms with Gasteiger partial charge in [0, 0.05) is 54.9 Å². The molecule has 4 heterocycles. The van der Waals surface area contributed by atoms with Crippen molar-refractivity contribution < 1.29 is 26.3 Å². The van der Waals surface area contributed by atoms with Gasteiger partial charge in [0.2, 0.25) is 0 Å². The molecule has 13 heteroatoms. The average Bonchev–Trinajstić information content (AvgIpc) is 3.67. The normalized spacial score (nSPS) is 29.7. The van der Waals surface area contributed by atoms with Gasteiger partial charge in [-0.3, -0.25) is 10.4 Å². The van der Waals surface area contributed by atoms with Gasteiger partial charge in [-0.05, 0) is 82.6 Å². The van der Waals surface area contributed by atoms with Crippen LogP contribution in [-0.2, 0) is 6.42 Å². The van der Waals surface area contributed by atoms with Crippen molar-refractivity contribution in [2.75, 3.05) is 18.5 Å². The van der Waals surface area contributed by atoms with E-state index in [9.17, 15) is 26.3 Å². The second-order valence-corrected chi connectivity index (χ2v) is 14.0. The molecule has 3 aromatic heterocycles. The number of hydrogen-bond donors (Lipinski definition) is 2. The zero-order chi connectivity index (χ0) is 33.0. The Kier molecular flexibility index (Phi) is 9.10. The second-order valence-electron chi connectivity index (χ2n) is 14.0. The Balaban J connectivity index is 1.16. The van der Waals surface area contributed by atoms with E-state index in [2.05, 4.69) is 34.3 Å². The largest absolute Gasteiger partial charge is 0.391 e. The lowest BCUT2D eigenvalue weighted by Crippen LogP contribution is -2.51. The molecular weight excluding hydrogens is 608 g/mol. The molecule has 0 spiro atoms. The van der Waals surface area contributed by atoms with Gasteiger partial charge in [0.05, 0.1) is 29.4 Å². The van der Waals surface area contributed by atoms with Gasteiger partial charge in [0.15, 0.2) is 11.5 Å². The van der Waals surface area contributed by atoms with Crippen LogP contribution in [0, 0.1) is 24.7 Å². The third-order valence-electron chi connectivity index (χ3n) is 11.2. The Morgan fingerprint density at radius 2 is 1.52 bits per heavy atom. The van der Waals surface area contributed by atoms with Crippen molar-refractivity contribution >= 4 is 11.5 Å². The summed E-state index contributed by atoms with van der Waals surface area (Å²) in [5, 5.41) is 16.4. The van der Waals surface area contributed by atoms with E-state index in [1.165, 1.54) is 0 Å². The molecule has 2 N–H and O–H groups in total. The van der Waals surface area contributed by atoms with Gasteiger partial charge in [-0.2, -0.15) is 36.5 Å². The molecule has 2 aliphatic carbocycles. The molecule has 1 saturated heterocycles. The third kappa shape index (κ3) is 6.49. The minimum Gasteiger partial charge on any atom is -0.343 e. The van der Waals surface area contributed by atoms with E-state index in [1.807, 2.05) is 30.6 Å². The molecule has 3 aromatic rings. The highest BCUT2D eigenvalue weighted by molar-refractivity contribution is 5.47. The van der Waals surface area contributed by atoms with Crippen LogP contribution in [0.4, 0.5) is 32.2 Å². The summed E-state index contributed by atoms with van der Waals surface area (Å²) in [7, 11) is 1.99. The maximum absolute atomic E-state index is 13.3. The van der Waals surface area contributed by atoms with Crippen molar-refractivity contribution in [2.45, 2.75) is 121 Å². The van der Waals surface area contributed by atoms with Crippen molar-refractivity contribution in [3.8, 4) is 0 Å². The molecule has 0 amide bonds. The van der Waals surface area contributed by atoms with Crippen molar-refractivity contribution in [3.63, 3.8) is 0 Å². The fourth-order valence-corrected chi connectivity index (χ4v) is 8.26. The molecule has 1 unspecified atom stereocenters. The van der Waals surface area contributed by atoms with Crippen molar-refractivity contribution in [2.24, 2.45) is 17.8 Å². The Labute approximate surface area is 265 Å². The first-order chi connectivity index (χ1) is 21.7. The van der Waals surface area contributed by atoms with Gasteiger partial charge in [-0.15, -0.1) is 0 Å². The Morgan fingerprint density at radius 3 is 2.09 bits per heavy atom. The molecule has 0 radical (unpaired) electrons. The molecule has 46 heavy (non-hydrogen) atoms. The molecular formula is C33H45F6N7. The summed E-state index contributed by atoms with van der Waals surface area (Å²) >= 11 is 0. The van der Waals surface area contributed by atoms with Crippen LogP contribution < -0.4 is 10.2 Å². The maximum Gasteiger partial charge on any atom is 0.391 e. The summed E-state index contributed by atoms with van der Waals surface area (Å²) in [6.07, 6.45) is -4.09. The lowest BCUT2D eigenvalue weighted by molar-refractivity contribution is -0.183. The molecule has 2 saturated carbocycles. The zero-order valence-electron chi connectivity index (χ0n) is 27.0. The lowest BCUT2D eigenvalue weighted by atomic mass is 9.80. The van der Waals surface area contributed by atoms with Crippen LogP contribution in [-0.4, -0.2) is 56.9 Å². The summed E-state index contributed by atoms with van der Waals surface area (Å²) < 4.78 is 81.2. The van der Waals surface area contributed by atoms with E-state index in [0.717, 1.165) is 52.6 Å². The topological polar surface area (TPSA) is 74.1 Å². The first kappa shape index (κ1) is 33.1. The van der Waals surface area contributed by atoms with E-state index < -0.39 is 24.2 Å². The number of nitrogens with one attached hydrogen (secondary N) is 2. The molecule has 6 rings (SSSR count). The zero-order valence-corrected chi connectivity index (χ0v) is 27.0. The number of aromatic nitrogens is 5. The Bertz CT molecular complexity index is 1490. The first-order valence-electron chi connectivity index (χ1n) is 16.8. The molecule has 3 fully saturated rings. The maximum atomic E-state index is 13.3. The Morgan fingerprint density at radius 1 is 0.913 bits per heavy atom. The highest BCUT2D eigenvalue weighted by atomic mass is 19.4. The van der Waals surface area contributed by atoms with Crippen LogP contribution in [0.3, 0.4) is 0 Å². The summed E-state index contributed by atoms with van der Waals surface area (Å²) in [5.74, 6) is -1.19. The molecule has 3 atom stereocenters. The predicted octanol–water partition coefficient (Wildman–Crippen LogP) is 8.17. The first-order valence-corrected chi connectivity index (χ1v) is 16.8. The van der Waals surface area contributed by atoms with E-state index in [1.54, 1.807) is 0 Å². The highest BCUT2D eigenvalue weighted by Gasteiger charge is 2.43. The third-order valence-corrected chi connectivity index (χ3v) is 11.2. The van der Waals surface area contributed by atoms with E-state index in [-0.39, 0.29) is 55.5 Å². The number of halogens is 6. The van der Waals surface area contributed by atoms with Crippen LogP contribution in [0.25, 0.3) is 5.65 Å². The number of piperidine rings is 1. The SMILES string of the molecule is CCc1c(C)nc2cc(C3CCC(C(F)(F)F)CC3)nn2c1[C@H]1CNC(N(C)c2cc(C3CCC(C(F)(F)F)CC3)[nH]n2)C[C@H]1C. The molecule has 0 aromatic carbocycles. The van der Waals surface area contributed by atoms with Crippen LogP contribution in [0.15, 0.2) is 12.1 Å². The van der Waals surface area contributed by atoms with Crippen molar-refractivity contribution in [3.05, 3.63) is 40.5 Å². The summed E-state index contributed by atoms with van der Waals surface area (Å²) in [6.45, 7) is 7.08. The monoisotopic (exact) mass is 653 g/mol. The number of aromatic amines is 1. The molecule has 1 aliphatic heterocycles. The number of fused-ring (bicyclic) bond motifs is 1. The summed E-state index contributed by atoms with van der Waals surface area (Å²) in [6, 6.07) is 3.95. The van der Waals surface area contributed by atoms with E-state index in [0.29, 0.717) is 32.2 Å². The number of anilines is 1. The number of rotatable bonds is 6.